The maximum atomic E-state index is 12.9. The van der Waals surface area contributed by atoms with Gasteiger partial charge in [-0.3, -0.25) is 0 Å². The van der Waals surface area contributed by atoms with Gasteiger partial charge in [0.25, 0.3) is 0 Å². The summed E-state index contributed by atoms with van der Waals surface area (Å²) >= 11 is 0. The van der Waals surface area contributed by atoms with Gasteiger partial charge >= 0.3 is 6.18 Å². The summed E-state index contributed by atoms with van der Waals surface area (Å²) in [6.07, 6.45) is 3.97. The molecule has 0 aromatic heterocycles. The topological polar surface area (TPSA) is 0 Å². The zero-order valence-corrected chi connectivity index (χ0v) is 12.0. The highest BCUT2D eigenvalue weighted by Crippen LogP contribution is 2.28. The van der Waals surface area contributed by atoms with Crippen LogP contribution in [0.1, 0.15) is 29.5 Å². The third-order valence-corrected chi connectivity index (χ3v) is 4.66. The average molecular weight is 300 g/mol. The Balaban J connectivity index is 2.07. The number of rotatable bonds is 0. The maximum Gasteiger partial charge on any atom is 0.416 e. The number of hydrogen-bond donors (Lipinski definition) is 0. The average Bonchev–Trinajstić information content (AvgIpc) is 2.52. The van der Waals surface area contributed by atoms with Crippen molar-refractivity contribution < 1.29 is 13.2 Å². The fourth-order valence-corrected chi connectivity index (χ4v) is 3.58. The normalized spacial score (nSPS) is 16.0. The van der Waals surface area contributed by atoms with Crippen molar-refractivity contribution in [2.45, 2.75) is 31.9 Å². The summed E-state index contributed by atoms with van der Waals surface area (Å²) in [4.78, 5) is 0. The van der Waals surface area contributed by atoms with Crippen LogP contribution in [-0.4, -0.2) is 0 Å². The van der Waals surface area contributed by atoms with Crippen molar-refractivity contribution in [3.8, 4) is 0 Å². The lowest BCUT2D eigenvalue weighted by atomic mass is 9.88. The molecule has 3 heteroatoms. The number of fused-ring (bicyclic) bond motifs is 4. The van der Waals surface area contributed by atoms with E-state index in [0.717, 1.165) is 36.1 Å². The van der Waals surface area contributed by atoms with Gasteiger partial charge < -0.3 is 0 Å². The molecule has 0 N–H and O–H groups in total. The Morgan fingerprint density at radius 2 is 1.64 bits per heavy atom. The van der Waals surface area contributed by atoms with Gasteiger partial charge in [-0.1, -0.05) is 30.4 Å². The largest absolute Gasteiger partial charge is 0.416 e. The van der Waals surface area contributed by atoms with Crippen LogP contribution in [0.15, 0.2) is 30.3 Å². The molecule has 2 aromatic rings. The van der Waals surface area contributed by atoms with Crippen LogP contribution in [0, 0.1) is 10.4 Å². The highest BCUT2D eigenvalue weighted by Gasteiger charge is 2.30. The molecule has 2 aliphatic carbocycles. The van der Waals surface area contributed by atoms with Crippen LogP contribution in [0.4, 0.5) is 13.2 Å². The molecule has 2 aromatic carbocycles. The van der Waals surface area contributed by atoms with E-state index in [1.54, 1.807) is 6.07 Å². The number of alkyl halides is 3. The van der Waals surface area contributed by atoms with E-state index in [4.69, 9.17) is 0 Å². The molecule has 0 aliphatic heterocycles. The summed E-state index contributed by atoms with van der Waals surface area (Å²) in [6.45, 7) is 0. The van der Waals surface area contributed by atoms with Crippen molar-refractivity contribution in [3.63, 3.8) is 0 Å². The second-order valence-electron chi connectivity index (χ2n) is 5.96. The molecule has 0 amide bonds. The van der Waals surface area contributed by atoms with Gasteiger partial charge in [-0.25, -0.2) is 0 Å². The van der Waals surface area contributed by atoms with Crippen molar-refractivity contribution in [2.75, 3.05) is 0 Å². The van der Waals surface area contributed by atoms with Crippen molar-refractivity contribution >= 4 is 12.2 Å². The first kappa shape index (κ1) is 13.6. The lowest BCUT2D eigenvalue weighted by Crippen LogP contribution is -2.20. The summed E-state index contributed by atoms with van der Waals surface area (Å²) in [5.41, 5.74) is 2.10. The Morgan fingerprint density at radius 3 is 2.45 bits per heavy atom. The second-order valence-corrected chi connectivity index (χ2v) is 5.96. The predicted octanol–water partition coefficient (Wildman–Crippen LogP) is 3.45. The molecule has 0 saturated carbocycles. The molecular weight excluding hydrogens is 285 g/mol. The Morgan fingerprint density at radius 1 is 0.818 bits per heavy atom. The molecule has 0 heterocycles. The minimum Gasteiger partial charge on any atom is -0.166 e. The van der Waals surface area contributed by atoms with E-state index in [2.05, 4.69) is 18.2 Å². The summed E-state index contributed by atoms with van der Waals surface area (Å²) in [5, 5.41) is 4.01. The second kappa shape index (κ2) is 4.73. The molecular formula is C19H15F3. The molecule has 0 saturated heterocycles. The minimum atomic E-state index is -4.28. The first-order valence-electron chi connectivity index (χ1n) is 7.57. The molecule has 0 atom stereocenters. The van der Waals surface area contributed by atoms with Gasteiger partial charge in [0.2, 0.25) is 0 Å². The van der Waals surface area contributed by atoms with Crippen molar-refractivity contribution in [2.24, 2.45) is 0 Å². The van der Waals surface area contributed by atoms with Gasteiger partial charge in [-0.05, 0) is 69.8 Å². The minimum absolute atomic E-state index is 0.572. The smallest absolute Gasteiger partial charge is 0.166 e. The summed E-state index contributed by atoms with van der Waals surface area (Å²) < 4.78 is 38.6. The standard InChI is InChI=1S/C19H15F3/c20-19(21,22)14-7-10-16-13(11-14)6-9-17-15-4-2-1-3-12(15)5-8-18(16)17/h3,5-8,10-11H,1-2,4,9H2. The van der Waals surface area contributed by atoms with Crippen LogP contribution in [0.3, 0.4) is 0 Å². The summed E-state index contributed by atoms with van der Waals surface area (Å²) in [6, 6.07) is 8.25. The Bertz CT molecular complexity index is 965. The summed E-state index contributed by atoms with van der Waals surface area (Å²) in [5.74, 6) is 0. The van der Waals surface area contributed by atoms with E-state index in [1.165, 1.54) is 28.5 Å². The monoisotopic (exact) mass is 300 g/mol. The van der Waals surface area contributed by atoms with E-state index in [9.17, 15) is 13.2 Å². The van der Waals surface area contributed by atoms with Gasteiger partial charge in [0.05, 0.1) is 5.56 Å². The van der Waals surface area contributed by atoms with Gasteiger partial charge in [0, 0.05) is 0 Å². The number of halogens is 3. The van der Waals surface area contributed by atoms with Crippen molar-refractivity contribution in [3.05, 3.63) is 67.9 Å². The van der Waals surface area contributed by atoms with Gasteiger partial charge in [0.1, 0.15) is 0 Å². The lowest BCUT2D eigenvalue weighted by Gasteiger charge is -2.16. The Hall–Kier alpha value is -2.03. The SMILES string of the molecule is FC(F)(F)c1ccc2c(c1)=CCc1c3c(ccc1=2)=CCCC3. The first-order valence-corrected chi connectivity index (χ1v) is 7.57. The number of hydrogen-bond acceptors (Lipinski definition) is 0. The fraction of sp³-hybridized carbons (Fsp3) is 0.263. The van der Waals surface area contributed by atoms with Gasteiger partial charge in [-0.2, -0.15) is 13.2 Å². The van der Waals surface area contributed by atoms with E-state index in [-0.39, 0.29) is 0 Å². The molecule has 0 spiro atoms. The van der Waals surface area contributed by atoms with Crippen LogP contribution in [0.5, 0.6) is 0 Å². The first-order chi connectivity index (χ1) is 10.5. The molecule has 112 valence electrons. The molecule has 22 heavy (non-hydrogen) atoms. The molecule has 0 radical (unpaired) electrons. The summed E-state index contributed by atoms with van der Waals surface area (Å²) in [7, 11) is 0. The van der Waals surface area contributed by atoms with Crippen molar-refractivity contribution in [1.29, 1.82) is 0 Å². The van der Waals surface area contributed by atoms with Crippen molar-refractivity contribution in [1.82, 2.24) is 0 Å². The van der Waals surface area contributed by atoms with Crippen LogP contribution in [0.25, 0.3) is 12.2 Å². The Kier molecular flexibility index (Phi) is 2.93. The molecule has 4 rings (SSSR count). The fourth-order valence-electron chi connectivity index (χ4n) is 3.58. The highest BCUT2D eigenvalue weighted by molar-refractivity contribution is 5.48. The lowest BCUT2D eigenvalue weighted by molar-refractivity contribution is -0.137. The van der Waals surface area contributed by atoms with Crippen LogP contribution < -0.4 is 10.4 Å². The van der Waals surface area contributed by atoms with Gasteiger partial charge in [-0.15, -0.1) is 0 Å². The third-order valence-electron chi connectivity index (χ3n) is 4.66. The molecule has 0 fully saturated rings. The maximum absolute atomic E-state index is 12.9. The van der Waals surface area contributed by atoms with Crippen LogP contribution in [-0.2, 0) is 19.0 Å². The van der Waals surface area contributed by atoms with E-state index in [0.29, 0.717) is 5.22 Å². The third kappa shape index (κ3) is 2.07. The van der Waals surface area contributed by atoms with E-state index >= 15 is 0 Å². The number of benzene rings is 2. The van der Waals surface area contributed by atoms with Gasteiger partial charge in [0.15, 0.2) is 0 Å². The highest BCUT2D eigenvalue weighted by atomic mass is 19.4. The van der Waals surface area contributed by atoms with E-state index in [1.807, 2.05) is 6.08 Å². The molecule has 2 aliphatic rings. The predicted molar refractivity (Wildman–Crippen MR) is 80.4 cm³/mol. The quantitative estimate of drug-likeness (QED) is 0.699. The van der Waals surface area contributed by atoms with Crippen LogP contribution in [0.2, 0.25) is 0 Å². The Labute approximate surface area is 125 Å². The zero-order valence-electron chi connectivity index (χ0n) is 12.0. The molecule has 0 nitrogen and oxygen atoms in total. The van der Waals surface area contributed by atoms with E-state index < -0.39 is 11.7 Å². The molecule has 0 unspecified atom stereocenters. The van der Waals surface area contributed by atoms with Crippen LogP contribution >= 0.6 is 0 Å². The zero-order chi connectivity index (χ0) is 15.3. The molecule has 0 bridgehead atoms.